The Balaban J connectivity index is 2.65. The van der Waals surface area contributed by atoms with Crippen LogP contribution in [0.1, 0.15) is 0 Å². The van der Waals surface area contributed by atoms with Gasteiger partial charge in [-0.15, -0.1) is 0 Å². The van der Waals surface area contributed by atoms with Crippen molar-refractivity contribution < 1.29 is 4.70 Å². The fourth-order valence-electron chi connectivity index (χ4n) is 0.0304. The van der Waals surface area contributed by atoms with Gasteiger partial charge in [0.25, 0.3) is 0 Å². The van der Waals surface area contributed by atoms with Crippen LogP contribution in [0.2, 0.25) is 0 Å². The third-order valence-electron chi connectivity index (χ3n) is 0.149. The first-order valence-corrected chi connectivity index (χ1v) is 1.14. The van der Waals surface area contributed by atoms with E-state index in [1.54, 1.807) is 0 Å². The van der Waals surface area contributed by atoms with Crippen LogP contribution in [0.25, 0.3) is 0 Å². The van der Waals surface area contributed by atoms with Crippen LogP contribution in [-0.2, 0) is 4.70 Å². The Labute approximate surface area is 29.6 Å². The molecule has 0 N–H and O–H groups in total. The average Bonchev–Trinajstić information content (AvgIpc) is 1.41. The summed E-state index contributed by atoms with van der Waals surface area (Å²) in [5, 5.41) is 2.24. The maximum atomic E-state index is 9.11. The van der Waals surface area contributed by atoms with Crippen molar-refractivity contribution in [3.05, 3.63) is 4.91 Å². The summed E-state index contributed by atoms with van der Waals surface area (Å²) in [4.78, 5) is 8.92. The Bertz CT molecular complexity index is 38.9. The van der Waals surface area contributed by atoms with Gasteiger partial charge in [-0.05, 0) is 0 Å². The zero-order valence-corrected chi connectivity index (χ0v) is 2.55. The Morgan fingerprint density at radius 3 is 2.40 bits per heavy atom. The van der Waals surface area contributed by atoms with Crippen molar-refractivity contribution in [1.82, 2.24) is 0 Å². The van der Waals surface area contributed by atoms with Gasteiger partial charge in [-0.1, -0.05) is 0 Å². The molecule has 0 radical (unpaired) electrons. The molecule has 0 spiro atoms. The molecule has 0 atom stereocenters. The Morgan fingerprint density at radius 2 is 2.40 bits per heavy atom. The molecule has 0 bridgehead atoms. The Morgan fingerprint density at radius 1 is 1.80 bits per heavy atom. The molecule has 0 unspecified atom stereocenters. The predicted molar refractivity (Wildman–Crippen MR) is 17.1 cm³/mol. The topological polar surface area (TPSA) is 46.5 Å². The molecular formula is CH2BNO2. The summed E-state index contributed by atoms with van der Waals surface area (Å²) in [5.41, 5.74) is 0. The molecule has 0 amide bonds. The summed E-state index contributed by atoms with van der Waals surface area (Å²) in [7, 11) is 0.451. The fourth-order valence-corrected chi connectivity index (χ4v) is 0.0304. The monoisotopic (exact) mass is 71.0 g/mol. The van der Waals surface area contributed by atoms with Gasteiger partial charge in [-0.3, -0.25) is 0 Å². The van der Waals surface area contributed by atoms with Crippen LogP contribution in [0.3, 0.4) is 0 Å². The van der Waals surface area contributed by atoms with E-state index in [1.165, 1.54) is 0 Å². The summed E-state index contributed by atoms with van der Waals surface area (Å²) in [6.45, 7) is 0. The van der Waals surface area contributed by atoms with E-state index in [0.717, 1.165) is 0 Å². The molecule has 0 fully saturated rings. The molecule has 0 aliphatic carbocycles. The molecule has 3 nitrogen and oxygen atoms in total. The Hall–Kier alpha value is -0.535. The van der Waals surface area contributed by atoms with Crippen LogP contribution in [-0.4, -0.2) is 13.6 Å². The number of rotatable bonds is 2. The SMILES string of the molecule is O=BCN=O. The van der Waals surface area contributed by atoms with Crippen LogP contribution >= 0.6 is 0 Å². The van der Waals surface area contributed by atoms with Crippen molar-refractivity contribution in [2.45, 2.75) is 0 Å². The molecule has 0 rings (SSSR count). The van der Waals surface area contributed by atoms with Gasteiger partial charge in [0.15, 0.2) is 0 Å². The second-order valence-electron chi connectivity index (χ2n) is 0.478. The zero-order chi connectivity index (χ0) is 4.12. The summed E-state index contributed by atoms with van der Waals surface area (Å²) < 4.78 is 9.11. The van der Waals surface area contributed by atoms with Gasteiger partial charge in [0.2, 0.25) is 0 Å². The van der Waals surface area contributed by atoms with Crippen LogP contribution in [0.4, 0.5) is 0 Å². The van der Waals surface area contributed by atoms with E-state index in [2.05, 4.69) is 5.18 Å². The van der Waals surface area contributed by atoms with E-state index >= 15 is 0 Å². The molecular weight excluding hydrogens is 68.8 g/mol. The third kappa shape index (κ3) is 3.46. The van der Waals surface area contributed by atoms with Gasteiger partial charge in [-0.25, -0.2) is 0 Å². The predicted octanol–water partition coefficient (Wildman–Crippen LogP) is -0.240. The van der Waals surface area contributed by atoms with Gasteiger partial charge in [0, 0.05) is 0 Å². The van der Waals surface area contributed by atoms with Crippen molar-refractivity contribution >= 4 is 7.15 Å². The van der Waals surface area contributed by atoms with Gasteiger partial charge >= 0.3 is 28.4 Å². The molecule has 0 aromatic rings. The first-order valence-electron chi connectivity index (χ1n) is 1.14. The third-order valence-corrected chi connectivity index (χ3v) is 0.149. The van der Waals surface area contributed by atoms with Crippen molar-refractivity contribution in [2.24, 2.45) is 5.18 Å². The second kappa shape index (κ2) is 3.46. The quantitative estimate of drug-likeness (QED) is 0.333. The van der Waals surface area contributed by atoms with Crippen LogP contribution in [0.5, 0.6) is 0 Å². The number of hydrogen-bond acceptors (Lipinski definition) is 3. The van der Waals surface area contributed by atoms with E-state index in [9.17, 15) is 0 Å². The van der Waals surface area contributed by atoms with Crippen molar-refractivity contribution in [2.75, 3.05) is 6.44 Å². The van der Waals surface area contributed by atoms with Crippen molar-refractivity contribution in [3.8, 4) is 0 Å². The van der Waals surface area contributed by atoms with Crippen LogP contribution in [0, 0.1) is 4.91 Å². The second-order valence-corrected chi connectivity index (χ2v) is 0.478. The molecule has 0 aliphatic rings. The van der Waals surface area contributed by atoms with E-state index in [0.29, 0.717) is 7.15 Å². The molecule has 0 heterocycles. The number of nitrogens with zero attached hydrogens (tertiary/aromatic N) is 1. The summed E-state index contributed by atoms with van der Waals surface area (Å²) >= 11 is 0. The summed E-state index contributed by atoms with van der Waals surface area (Å²) in [6, 6.07) is 0. The molecule has 0 saturated carbocycles. The minimum atomic E-state index is -0.222. The van der Waals surface area contributed by atoms with Crippen LogP contribution in [0.15, 0.2) is 5.18 Å². The van der Waals surface area contributed by atoms with Gasteiger partial charge in [-0.2, -0.15) is 0 Å². The van der Waals surface area contributed by atoms with Crippen molar-refractivity contribution in [3.63, 3.8) is 0 Å². The molecule has 4 heteroatoms. The molecule has 0 aliphatic heterocycles. The Kier molecular flexibility index (Phi) is 3.09. The molecule has 0 saturated heterocycles. The number of hydrogen-bond donors (Lipinski definition) is 0. The molecule has 5 heavy (non-hydrogen) atoms. The standard InChI is InChI=1S/CH2BNO2/c4-2-1-3-5/h1H2. The summed E-state index contributed by atoms with van der Waals surface area (Å²) in [6.07, 6.45) is -0.222. The van der Waals surface area contributed by atoms with Crippen LogP contribution < -0.4 is 0 Å². The molecule has 0 aromatic carbocycles. The van der Waals surface area contributed by atoms with E-state index in [4.69, 9.17) is 9.61 Å². The number of nitroso groups, excluding NO2 is 1. The average molecular weight is 70.8 g/mol. The molecule has 26 valence electrons. The minimum absolute atomic E-state index is 0.222. The maximum absolute atomic E-state index is 9.11. The van der Waals surface area contributed by atoms with E-state index in [-0.39, 0.29) is 6.44 Å². The van der Waals surface area contributed by atoms with E-state index < -0.39 is 0 Å². The van der Waals surface area contributed by atoms with E-state index in [1.807, 2.05) is 0 Å². The van der Waals surface area contributed by atoms with Gasteiger partial charge in [0.05, 0.1) is 0 Å². The molecule has 0 aromatic heterocycles. The first kappa shape index (κ1) is 4.46. The summed E-state index contributed by atoms with van der Waals surface area (Å²) in [5.74, 6) is 0. The first-order chi connectivity index (χ1) is 2.41. The van der Waals surface area contributed by atoms with Gasteiger partial charge in [0.1, 0.15) is 0 Å². The zero-order valence-electron chi connectivity index (χ0n) is 2.55. The normalized spacial score (nSPS) is 5.60. The van der Waals surface area contributed by atoms with Crippen molar-refractivity contribution in [1.29, 1.82) is 0 Å². The van der Waals surface area contributed by atoms with Gasteiger partial charge < -0.3 is 0 Å². The fraction of sp³-hybridized carbons (Fsp3) is 1.00.